The summed E-state index contributed by atoms with van der Waals surface area (Å²) in [6.45, 7) is 2.45. The minimum absolute atomic E-state index is 0.107. The number of amides is 2. The monoisotopic (exact) mass is 369 g/mol. The lowest BCUT2D eigenvalue weighted by atomic mass is 10.2. The van der Waals surface area contributed by atoms with Crippen molar-refractivity contribution >= 4 is 40.1 Å². The van der Waals surface area contributed by atoms with Crippen molar-refractivity contribution < 1.29 is 14.3 Å². The minimum atomic E-state index is -0.540. The molecule has 6 nitrogen and oxygen atoms in total. The van der Waals surface area contributed by atoms with Gasteiger partial charge < -0.3 is 15.4 Å². The molecule has 0 radical (unpaired) electrons. The van der Waals surface area contributed by atoms with E-state index < -0.39 is 5.25 Å². The van der Waals surface area contributed by atoms with Crippen molar-refractivity contribution in [2.45, 2.75) is 18.6 Å². The third-order valence-electron chi connectivity index (χ3n) is 3.56. The molecule has 0 aromatic heterocycles. The Hall–Kier alpha value is -2.80. The Morgan fingerprint density at radius 1 is 1.27 bits per heavy atom. The van der Waals surface area contributed by atoms with E-state index in [1.807, 2.05) is 49.4 Å². The fourth-order valence-electron chi connectivity index (χ4n) is 2.42. The fourth-order valence-corrected chi connectivity index (χ4v) is 3.42. The molecule has 3 rings (SSSR count). The van der Waals surface area contributed by atoms with Crippen LogP contribution in [0.1, 0.15) is 13.3 Å². The molecule has 0 aliphatic carbocycles. The van der Waals surface area contributed by atoms with Gasteiger partial charge in [-0.25, -0.2) is 4.99 Å². The van der Waals surface area contributed by atoms with Crippen molar-refractivity contribution in [3.63, 3.8) is 0 Å². The molecular weight excluding hydrogens is 350 g/mol. The number of nitrogens with one attached hydrogen (secondary N) is 2. The summed E-state index contributed by atoms with van der Waals surface area (Å²) in [7, 11) is 0. The number of amidine groups is 1. The first kappa shape index (κ1) is 18.0. The van der Waals surface area contributed by atoms with Crippen LogP contribution in [0.15, 0.2) is 59.6 Å². The van der Waals surface area contributed by atoms with Gasteiger partial charge in [-0.15, -0.1) is 0 Å². The first-order chi connectivity index (χ1) is 12.6. The molecule has 1 atom stereocenters. The van der Waals surface area contributed by atoms with Crippen molar-refractivity contribution in [2.75, 3.05) is 11.9 Å². The normalized spacial score (nSPS) is 18.3. The quantitative estimate of drug-likeness (QED) is 0.847. The lowest BCUT2D eigenvalue weighted by Crippen LogP contribution is -2.41. The van der Waals surface area contributed by atoms with E-state index in [0.717, 1.165) is 5.69 Å². The highest BCUT2D eigenvalue weighted by molar-refractivity contribution is 8.15. The van der Waals surface area contributed by atoms with Crippen LogP contribution in [0.2, 0.25) is 0 Å². The molecular formula is C19H19N3O3S. The van der Waals surface area contributed by atoms with E-state index >= 15 is 0 Å². The predicted octanol–water partition coefficient (Wildman–Crippen LogP) is 3.33. The number of carbonyl (C=O) groups excluding carboxylic acids is 2. The number of hydrogen-bond acceptors (Lipinski definition) is 5. The van der Waals surface area contributed by atoms with E-state index in [1.54, 1.807) is 12.1 Å². The van der Waals surface area contributed by atoms with E-state index in [-0.39, 0.29) is 18.2 Å². The second-order valence-corrected chi connectivity index (χ2v) is 6.75. The first-order valence-corrected chi connectivity index (χ1v) is 9.16. The van der Waals surface area contributed by atoms with E-state index in [4.69, 9.17) is 4.74 Å². The molecule has 0 saturated carbocycles. The van der Waals surface area contributed by atoms with Crippen LogP contribution in [-0.2, 0) is 9.59 Å². The summed E-state index contributed by atoms with van der Waals surface area (Å²) in [4.78, 5) is 28.9. The van der Waals surface area contributed by atoms with Gasteiger partial charge in [-0.2, -0.15) is 0 Å². The molecule has 1 saturated heterocycles. The van der Waals surface area contributed by atoms with E-state index in [9.17, 15) is 9.59 Å². The number of anilines is 1. The molecule has 0 bridgehead atoms. The summed E-state index contributed by atoms with van der Waals surface area (Å²) in [6, 6.07) is 16.5. The molecule has 7 heteroatoms. The van der Waals surface area contributed by atoms with Crippen molar-refractivity contribution in [3.05, 3.63) is 54.6 Å². The summed E-state index contributed by atoms with van der Waals surface area (Å²) in [5.41, 5.74) is 1.36. The Labute approximate surface area is 156 Å². The fraction of sp³-hybridized carbons (Fsp3) is 0.211. The largest absolute Gasteiger partial charge is 0.494 e. The Bertz CT molecular complexity index is 824. The van der Waals surface area contributed by atoms with Gasteiger partial charge in [0.05, 0.1) is 12.3 Å². The van der Waals surface area contributed by atoms with Crippen LogP contribution in [-0.4, -0.2) is 28.8 Å². The Morgan fingerprint density at radius 2 is 2.08 bits per heavy atom. The zero-order valence-electron chi connectivity index (χ0n) is 14.3. The molecule has 2 N–H and O–H groups in total. The topological polar surface area (TPSA) is 79.8 Å². The van der Waals surface area contributed by atoms with Gasteiger partial charge >= 0.3 is 0 Å². The summed E-state index contributed by atoms with van der Waals surface area (Å²) in [5.74, 6) is 0.228. The Balaban J connectivity index is 1.69. The summed E-state index contributed by atoms with van der Waals surface area (Å²) in [6.07, 6.45) is 0.107. The second kappa shape index (κ2) is 8.53. The van der Waals surface area contributed by atoms with Crippen LogP contribution in [0.25, 0.3) is 0 Å². The Morgan fingerprint density at radius 3 is 2.85 bits per heavy atom. The van der Waals surface area contributed by atoms with Gasteiger partial charge in [0.15, 0.2) is 5.17 Å². The molecule has 134 valence electrons. The highest BCUT2D eigenvalue weighted by Gasteiger charge is 2.30. The van der Waals surface area contributed by atoms with Gasteiger partial charge in [0.25, 0.3) is 0 Å². The maximum absolute atomic E-state index is 12.6. The van der Waals surface area contributed by atoms with Crippen molar-refractivity contribution in [3.8, 4) is 5.75 Å². The molecule has 2 amide bonds. The highest BCUT2D eigenvalue weighted by Crippen LogP contribution is 2.25. The van der Waals surface area contributed by atoms with Crippen molar-refractivity contribution in [1.82, 2.24) is 5.32 Å². The number of aliphatic imine (C=N–C) groups is 1. The van der Waals surface area contributed by atoms with Gasteiger partial charge in [-0.1, -0.05) is 36.0 Å². The summed E-state index contributed by atoms with van der Waals surface area (Å²) in [5, 5.41) is 5.44. The van der Waals surface area contributed by atoms with Crippen molar-refractivity contribution in [1.29, 1.82) is 0 Å². The second-order valence-electron chi connectivity index (χ2n) is 5.56. The van der Waals surface area contributed by atoms with E-state index in [1.165, 1.54) is 11.8 Å². The van der Waals surface area contributed by atoms with Gasteiger partial charge in [0.1, 0.15) is 11.0 Å². The molecule has 1 heterocycles. The zero-order valence-corrected chi connectivity index (χ0v) is 15.1. The van der Waals surface area contributed by atoms with Crippen LogP contribution < -0.4 is 15.4 Å². The number of carbonyl (C=O) groups is 2. The number of ether oxygens (including phenoxy) is 1. The summed E-state index contributed by atoms with van der Waals surface area (Å²) >= 11 is 1.25. The third-order valence-corrected chi connectivity index (χ3v) is 4.64. The van der Waals surface area contributed by atoms with Crippen LogP contribution >= 0.6 is 11.8 Å². The lowest BCUT2D eigenvalue weighted by molar-refractivity contribution is -0.123. The molecule has 2 aromatic rings. The number of hydrogen-bond donors (Lipinski definition) is 2. The number of para-hydroxylation sites is 1. The smallest absolute Gasteiger partial charge is 0.238 e. The number of rotatable bonds is 5. The van der Waals surface area contributed by atoms with Crippen molar-refractivity contribution in [2.24, 2.45) is 4.99 Å². The third kappa shape index (κ3) is 4.86. The standard InChI is InChI=1S/C19H19N3O3S/c1-2-25-15-10-6-9-14(11-15)20-18(24)16-12-17(23)22-19(26-16)21-13-7-4-3-5-8-13/h3-11,16H,2,12H2,1H3,(H,20,24)(H,21,22,23)/t16-/m1/s1. The van der Waals surface area contributed by atoms with Crippen LogP contribution in [0, 0.1) is 0 Å². The predicted molar refractivity (Wildman–Crippen MR) is 104 cm³/mol. The van der Waals surface area contributed by atoms with Gasteiger partial charge in [0.2, 0.25) is 11.8 Å². The molecule has 0 spiro atoms. The first-order valence-electron chi connectivity index (χ1n) is 8.28. The highest BCUT2D eigenvalue weighted by atomic mass is 32.2. The number of nitrogens with zero attached hydrogens (tertiary/aromatic N) is 1. The number of thioether (sulfide) groups is 1. The van der Waals surface area contributed by atoms with Crippen LogP contribution in [0.3, 0.4) is 0 Å². The Kier molecular flexibility index (Phi) is 5.91. The molecule has 26 heavy (non-hydrogen) atoms. The van der Waals surface area contributed by atoms with Crippen LogP contribution in [0.4, 0.5) is 11.4 Å². The van der Waals surface area contributed by atoms with Gasteiger partial charge in [0, 0.05) is 18.2 Å². The molecule has 0 unspecified atom stereocenters. The number of benzene rings is 2. The van der Waals surface area contributed by atoms with Gasteiger partial charge in [-0.3, -0.25) is 9.59 Å². The zero-order chi connectivity index (χ0) is 18.4. The molecule has 2 aromatic carbocycles. The maximum Gasteiger partial charge on any atom is 0.238 e. The maximum atomic E-state index is 12.6. The molecule has 1 fully saturated rings. The molecule has 1 aliphatic heterocycles. The molecule has 1 aliphatic rings. The van der Waals surface area contributed by atoms with Crippen LogP contribution in [0.5, 0.6) is 5.75 Å². The summed E-state index contributed by atoms with van der Waals surface area (Å²) < 4.78 is 5.43. The van der Waals surface area contributed by atoms with Gasteiger partial charge in [-0.05, 0) is 31.2 Å². The SMILES string of the molecule is CCOc1cccc(NC(=O)[C@H]2CC(=O)NC(=Nc3ccccc3)S2)c1. The minimum Gasteiger partial charge on any atom is -0.494 e. The average Bonchev–Trinajstić information content (AvgIpc) is 2.63. The van der Waals surface area contributed by atoms with E-state index in [0.29, 0.717) is 23.2 Å². The van der Waals surface area contributed by atoms with E-state index in [2.05, 4.69) is 15.6 Å². The average molecular weight is 369 g/mol. The lowest BCUT2D eigenvalue weighted by Gasteiger charge is -2.22.